The van der Waals surface area contributed by atoms with Crippen LogP contribution >= 0.6 is 0 Å². The fourth-order valence-electron chi connectivity index (χ4n) is 2.59. The average Bonchev–Trinajstić information content (AvgIpc) is 3.04. The fraction of sp³-hybridized carbons (Fsp3) is 0.750. The molecule has 1 aliphatic carbocycles. The third kappa shape index (κ3) is 1.69. The van der Waals surface area contributed by atoms with Gasteiger partial charge in [-0.1, -0.05) is 6.42 Å². The summed E-state index contributed by atoms with van der Waals surface area (Å²) >= 11 is 0. The lowest BCUT2D eigenvalue weighted by atomic mass is 10.0. The number of rotatable bonds is 2. The van der Waals surface area contributed by atoms with Crippen molar-refractivity contribution in [2.45, 2.75) is 44.1 Å². The molecule has 2 heterocycles. The van der Waals surface area contributed by atoms with Crippen molar-refractivity contribution < 1.29 is 0 Å². The van der Waals surface area contributed by atoms with Crippen molar-refractivity contribution in [2.24, 2.45) is 7.05 Å². The Kier molecular flexibility index (Phi) is 2.28. The molecule has 3 rings (SSSR count). The molecule has 1 aliphatic heterocycles. The highest BCUT2D eigenvalue weighted by Gasteiger charge is 2.29. The molecule has 1 saturated carbocycles. The van der Waals surface area contributed by atoms with E-state index >= 15 is 0 Å². The highest BCUT2D eigenvalue weighted by Crippen LogP contribution is 2.40. The lowest BCUT2D eigenvalue weighted by molar-refractivity contribution is 0.389. The number of hydrogen-bond acceptors (Lipinski definition) is 2. The predicted molar refractivity (Wildman–Crippen MR) is 59.8 cm³/mol. The molecule has 1 aromatic heterocycles. The van der Waals surface area contributed by atoms with Gasteiger partial charge in [-0.2, -0.15) is 0 Å². The highest BCUT2D eigenvalue weighted by atomic mass is 15.1. The molecule has 3 nitrogen and oxygen atoms in total. The smallest absolute Gasteiger partial charge is 0.125 e. The number of nitrogens with zero attached hydrogens (tertiary/aromatic N) is 2. The second kappa shape index (κ2) is 3.63. The zero-order valence-corrected chi connectivity index (χ0v) is 9.37. The van der Waals surface area contributed by atoms with E-state index in [1.165, 1.54) is 43.6 Å². The second-order valence-electron chi connectivity index (χ2n) is 4.88. The van der Waals surface area contributed by atoms with Crippen LogP contribution in [-0.4, -0.2) is 16.1 Å². The minimum Gasteiger partial charge on any atom is -0.334 e. The van der Waals surface area contributed by atoms with Gasteiger partial charge < -0.3 is 9.88 Å². The van der Waals surface area contributed by atoms with Crippen LogP contribution < -0.4 is 5.32 Å². The Hall–Kier alpha value is -0.830. The van der Waals surface area contributed by atoms with Crippen molar-refractivity contribution in [3.05, 3.63) is 17.7 Å². The van der Waals surface area contributed by atoms with Crippen LogP contribution in [0.25, 0.3) is 0 Å². The maximum absolute atomic E-state index is 4.60. The van der Waals surface area contributed by atoms with Crippen LogP contribution in [0.2, 0.25) is 0 Å². The molecular formula is C12H19N3. The monoisotopic (exact) mass is 205 g/mol. The van der Waals surface area contributed by atoms with Gasteiger partial charge in [0.05, 0.1) is 6.04 Å². The normalized spacial score (nSPS) is 26.9. The molecule has 15 heavy (non-hydrogen) atoms. The van der Waals surface area contributed by atoms with Crippen molar-refractivity contribution in [1.82, 2.24) is 14.9 Å². The van der Waals surface area contributed by atoms with Crippen LogP contribution in [0.1, 0.15) is 55.6 Å². The summed E-state index contributed by atoms with van der Waals surface area (Å²) in [6, 6.07) is 0.497. The van der Waals surface area contributed by atoms with Crippen LogP contribution in [0, 0.1) is 0 Å². The van der Waals surface area contributed by atoms with Gasteiger partial charge in [-0.15, -0.1) is 0 Å². The van der Waals surface area contributed by atoms with Gasteiger partial charge in [0.2, 0.25) is 0 Å². The van der Waals surface area contributed by atoms with Crippen molar-refractivity contribution >= 4 is 0 Å². The lowest BCUT2D eigenvalue weighted by Crippen LogP contribution is -2.29. The van der Waals surface area contributed by atoms with Crippen LogP contribution in [0.15, 0.2) is 6.20 Å². The van der Waals surface area contributed by atoms with Crippen molar-refractivity contribution in [3.63, 3.8) is 0 Å². The van der Waals surface area contributed by atoms with Crippen molar-refractivity contribution in [2.75, 3.05) is 6.54 Å². The Morgan fingerprint density at radius 1 is 1.33 bits per heavy atom. The first-order valence-corrected chi connectivity index (χ1v) is 6.11. The van der Waals surface area contributed by atoms with Gasteiger partial charge >= 0.3 is 0 Å². The Morgan fingerprint density at radius 3 is 2.87 bits per heavy atom. The summed E-state index contributed by atoms with van der Waals surface area (Å²) in [5.41, 5.74) is 1.44. The molecule has 1 aromatic rings. The first-order valence-electron chi connectivity index (χ1n) is 6.11. The summed E-state index contributed by atoms with van der Waals surface area (Å²) < 4.78 is 2.32. The van der Waals surface area contributed by atoms with Crippen LogP contribution in [-0.2, 0) is 7.05 Å². The van der Waals surface area contributed by atoms with E-state index in [9.17, 15) is 0 Å². The number of nitrogens with one attached hydrogen (secondary N) is 1. The Morgan fingerprint density at radius 2 is 2.20 bits per heavy atom. The number of imidazole rings is 1. The zero-order chi connectivity index (χ0) is 10.3. The molecule has 2 fully saturated rings. The van der Waals surface area contributed by atoms with Crippen LogP contribution in [0.3, 0.4) is 0 Å². The largest absolute Gasteiger partial charge is 0.334 e. The standard InChI is InChI=1S/C12H19N3/c1-15-11(9-5-6-9)8-14-12(15)10-4-2-3-7-13-10/h8-10,13H,2-7H2,1H3. The summed E-state index contributed by atoms with van der Waals surface area (Å²) in [5.74, 6) is 2.05. The molecule has 0 radical (unpaired) electrons. The summed E-state index contributed by atoms with van der Waals surface area (Å²) in [4.78, 5) is 4.60. The number of piperidine rings is 1. The maximum atomic E-state index is 4.60. The van der Waals surface area contributed by atoms with Crippen molar-refractivity contribution in [3.8, 4) is 0 Å². The van der Waals surface area contributed by atoms with Gasteiger partial charge in [-0.05, 0) is 32.2 Å². The first-order chi connectivity index (χ1) is 7.36. The summed E-state index contributed by atoms with van der Waals surface area (Å²) in [7, 11) is 2.17. The SMILES string of the molecule is Cn1c(C2CC2)cnc1C1CCCCN1. The topological polar surface area (TPSA) is 29.9 Å². The van der Waals surface area contributed by atoms with E-state index < -0.39 is 0 Å². The van der Waals surface area contributed by atoms with E-state index in [2.05, 4.69) is 28.1 Å². The number of aromatic nitrogens is 2. The predicted octanol–water partition coefficient (Wildman–Crippen LogP) is 2.11. The quantitative estimate of drug-likeness (QED) is 0.801. The summed E-state index contributed by atoms with van der Waals surface area (Å²) in [6.07, 6.45) is 8.70. The molecule has 0 spiro atoms. The van der Waals surface area contributed by atoms with Crippen LogP contribution in [0.4, 0.5) is 0 Å². The minimum absolute atomic E-state index is 0.497. The lowest BCUT2D eigenvalue weighted by Gasteiger charge is -2.23. The molecule has 2 aliphatic rings. The van der Waals surface area contributed by atoms with E-state index in [-0.39, 0.29) is 0 Å². The molecule has 3 heteroatoms. The van der Waals surface area contributed by atoms with E-state index in [0.29, 0.717) is 6.04 Å². The third-order valence-corrected chi connectivity index (χ3v) is 3.68. The molecule has 1 N–H and O–H groups in total. The van der Waals surface area contributed by atoms with Gasteiger partial charge in [0, 0.05) is 24.9 Å². The molecule has 0 aromatic carbocycles. The summed E-state index contributed by atoms with van der Waals surface area (Å²) in [6.45, 7) is 1.15. The zero-order valence-electron chi connectivity index (χ0n) is 9.37. The Labute approximate surface area is 90.9 Å². The van der Waals surface area contributed by atoms with Gasteiger partial charge in [-0.3, -0.25) is 0 Å². The van der Waals surface area contributed by atoms with Crippen molar-refractivity contribution in [1.29, 1.82) is 0 Å². The van der Waals surface area contributed by atoms with Gasteiger partial charge in [0.1, 0.15) is 5.82 Å². The Balaban J connectivity index is 1.83. The van der Waals surface area contributed by atoms with Gasteiger partial charge in [0.15, 0.2) is 0 Å². The van der Waals surface area contributed by atoms with Gasteiger partial charge in [-0.25, -0.2) is 4.98 Å². The Bertz CT molecular complexity index is 346. The number of hydrogen-bond donors (Lipinski definition) is 1. The third-order valence-electron chi connectivity index (χ3n) is 3.68. The van der Waals surface area contributed by atoms with Crippen LogP contribution in [0.5, 0.6) is 0 Å². The van der Waals surface area contributed by atoms with E-state index in [1.807, 2.05) is 0 Å². The van der Waals surface area contributed by atoms with E-state index in [1.54, 1.807) is 0 Å². The maximum Gasteiger partial charge on any atom is 0.125 e. The fourth-order valence-corrected chi connectivity index (χ4v) is 2.59. The average molecular weight is 205 g/mol. The first kappa shape index (κ1) is 9.40. The minimum atomic E-state index is 0.497. The molecule has 1 atom stereocenters. The van der Waals surface area contributed by atoms with E-state index in [4.69, 9.17) is 0 Å². The molecule has 0 bridgehead atoms. The molecule has 0 amide bonds. The molecule has 1 unspecified atom stereocenters. The molecule has 82 valence electrons. The van der Waals surface area contributed by atoms with E-state index in [0.717, 1.165) is 12.5 Å². The second-order valence-corrected chi connectivity index (χ2v) is 4.88. The molecular weight excluding hydrogens is 186 g/mol. The van der Waals surface area contributed by atoms with Gasteiger partial charge in [0.25, 0.3) is 0 Å². The summed E-state index contributed by atoms with van der Waals surface area (Å²) in [5, 5.41) is 3.57. The molecule has 1 saturated heterocycles. The highest BCUT2D eigenvalue weighted by molar-refractivity contribution is 5.17.